The van der Waals surface area contributed by atoms with Crippen LogP contribution in [0, 0.1) is 10.1 Å². The Bertz CT molecular complexity index is 1010. The highest BCUT2D eigenvalue weighted by atomic mass is 16.6. The van der Waals surface area contributed by atoms with Crippen LogP contribution < -0.4 is 15.1 Å². The van der Waals surface area contributed by atoms with Crippen molar-refractivity contribution in [2.24, 2.45) is 0 Å². The molecule has 1 aromatic heterocycles. The van der Waals surface area contributed by atoms with E-state index < -0.39 is 0 Å². The lowest BCUT2D eigenvalue weighted by molar-refractivity contribution is -0.382. The number of aromatic nitrogens is 2. The standard InChI is InChI=1S/C20H24N6O3/c1-24(2)15-9-7-14(8-10-15)21-16-13-17(25-11-5-3-4-6-12-25)20(26(27)28)19-18(16)22-29-23-19/h7-10,13,21H,3-6,11-12H2,1-2H3. The fourth-order valence-electron chi connectivity index (χ4n) is 3.74. The molecule has 0 saturated carbocycles. The topological polar surface area (TPSA) is 101 Å². The Morgan fingerprint density at radius 1 is 1.07 bits per heavy atom. The quantitative estimate of drug-likeness (QED) is 0.503. The van der Waals surface area contributed by atoms with E-state index >= 15 is 0 Å². The number of hydrogen-bond donors (Lipinski definition) is 1. The van der Waals surface area contributed by atoms with Gasteiger partial charge in [0.25, 0.3) is 0 Å². The maximum absolute atomic E-state index is 11.9. The lowest BCUT2D eigenvalue weighted by atomic mass is 10.1. The molecule has 4 rings (SSSR count). The third kappa shape index (κ3) is 3.80. The Morgan fingerprint density at radius 3 is 2.34 bits per heavy atom. The van der Waals surface area contributed by atoms with Crippen molar-refractivity contribution < 1.29 is 9.55 Å². The van der Waals surface area contributed by atoms with Gasteiger partial charge in [0.05, 0.1) is 10.6 Å². The fraction of sp³-hybridized carbons (Fsp3) is 0.400. The van der Waals surface area contributed by atoms with Gasteiger partial charge >= 0.3 is 5.69 Å². The van der Waals surface area contributed by atoms with E-state index in [1.54, 1.807) is 6.07 Å². The molecule has 1 saturated heterocycles. The average Bonchev–Trinajstić information content (AvgIpc) is 3.03. The number of nitro benzene ring substituents is 1. The molecule has 1 aliphatic rings. The highest BCUT2D eigenvalue weighted by Gasteiger charge is 2.29. The molecule has 0 unspecified atom stereocenters. The number of hydrogen-bond acceptors (Lipinski definition) is 8. The molecule has 1 aliphatic heterocycles. The van der Waals surface area contributed by atoms with Gasteiger partial charge in [0.1, 0.15) is 5.69 Å². The normalized spacial score (nSPS) is 14.6. The van der Waals surface area contributed by atoms with Crippen LogP contribution in [0.15, 0.2) is 35.0 Å². The second-order valence-corrected chi connectivity index (χ2v) is 7.48. The van der Waals surface area contributed by atoms with E-state index in [9.17, 15) is 10.1 Å². The Labute approximate surface area is 168 Å². The number of nitro groups is 1. The van der Waals surface area contributed by atoms with Gasteiger partial charge in [0.15, 0.2) is 5.52 Å². The van der Waals surface area contributed by atoms with E-state index in [4.69, 9.17) is 4.63 Å². The monoisotopic (exact) mass is 396 g/mol. The van der Waals surface area contributed by atoms with Crippen molar-refractivity contribution in [2.45, 2.75) is 25.7 Å². The third-order valence-electron chi connectivity index (χ3n) is 5.28. The molecule has 0 radical (unpaired) electrons. The number of fused-ring (bicyclic) bond motifs is 1. The van der Waals surface area contributed by atoms with E-state index in [0.717, 1.165) is 50.1 Å². The minimum atomic E-state index is -0.386. The Morgan fingerprint density at radius 2 is 1.72 bits per heavy atom. The highest BCUT2D eigenvalue weighted by molar-refractivity contribution is 6.00. The number of nitrogens with zero attached hydrogens (tertiary/aromatic N) is 5. The zero-order chi connectivity index (χ0) is 20.4. The molecule has 2 heterocycles. The molecular formula is C20H24N6O3. The maximum atomic E-state index is 11.9. The van der Waals surface area contributed by atoms with Gasteiger partial charge in [-0.05, 0) is 53.5 Å². The van der Waals surface area contributed by atoms with Crippen molar-refractivity contribution in [1.82, 2.24) is 10.3 Å². The van der Waals surface area contributed by atoms with Crippen LogP contribution in [0.1, 0.15) is 25.7 Å². The van der Waals surface area contributed by atoms with Crippen molar-refractivity contribution in [3.8, 4) is 0 Å². The zero-order valence-electron chi connectivity index (χ0n) is 16.6. The lowest BCUT2D eigenvalue weighted by Gasteiger charge is -2.23. The molecule has 0 bridgehead atoms. The second kappa shape index (κ2) is 7.94. The summed E-state index contributed by atoms with van der Waals surface area (Å²) in [6.07, 6.45) is 4.31. The van der Waals surface area contributed by atoms with Gasteiger partial charge in [-0.15, -0.1) is 0 Å². The van der Waals surface area contributed by atoms with Gasteiger partial charge < -0.3 is 15.1 Å². The molecule has 9 nitrogen and oxygen atoms in total. The molecule has 2 aromatic carbocycles. The molecule has 152 valence electrons. The van der Waals surface area contributed by atoms with Crippen LogP contribution in [0.2, 0.25) is 0 Å². The number of benzene rings is 2. The van der Waals surface area contributed by atoms with Crippen molar-refractivity contribution in [1.29, 1.82) is 0 Å². The molecule has 0 spiro atoms. The van der Waals surface area contributed by atoms with Crippen LogP contribution in [0.3, 0.4) is 0 Å². The molecule has 0 aliphatic carbocycles. The summed E-state index contributed by atoms with van der Waals surface area (Å²) in [6.45, 7) is 1.57. The highest BCUT2D eigenvalue weighted by Crippen LogP contribution is 2.40. The summed E-state index contributed by atoms with van der Waals surface area (Å²) in [5.41, 5.74) is 3.62. The van der Waals surface area contributed by atoms with Gasteiger partial charge in [0, 0.05) is 38.6 Å². The van der Waals surface area contributed by atoms with Crippen molar-refractivity contribution >= 4 is 39.5 Å². The Balaban J connectivity index is 1.78. The fourth-order valence-corrected chi connectivity index (χ4v) is 3.74. The molecule has 1 N–H and O–H groups in total. The molecule has 1 fully saturated rings. The van der Waals surface area contributed by atoms with Crippen LogP contribution in [-0.4, -0.2) is 42.4 Å². The van der Waals surface area contributed by atoms with Gasteiger partial charge in [-0.1, -0.05) is 12.8 Å². The summed E-state index contributed by atoms with van der Waals surface area (Å²) in [7, 11) is 3.97. The van der Waals surface area contributed by atoms with Crippen LogP contribution >= 0.6 is 0 Å². The van der Waals surface area contributed by atoms with Gasteiger partial charge in [0.2, 0.25) is 5.52 Å². The van der Waals surface area contributed by atoms with Gasteiger partial charge in [-0.25, -0.2) is 4.63 Å². The molecule has 9 heteroatoms. The molecule has 0 atom stereocenters. The Hall–Kier alpha value is -3.36. The van der Waals surface area contributed by atoms with Gasteiger partial charge in [-0.3, -0.25) is 10.1 Å². The van der Waals surface area contributed by atoms with Crippen LogP contribution in [-0.2, 0) is 0 Å². The van der Waals surface area contributed by atoms with Crippen LogP contribution in [0.4, 0.5) is 28.4 Å². The summed E-state index contributed by atoms with van der Waals surface area (Å²) in [4.78, 5) is 15.6. The van der Waals surface area contributed by atoms with E-state index in [1.165, 1.54) is 0 Å². The summed E-state index contributed by atoms with van der Waals surface area (Å²) in [6, 6.07) is 9.72. The van der Waals surface area contributed by atoms with E-state index in [-0.39, 0.29) is 16.1 Å². The number of nitrogens with one attached hydrogen (secondary N) is 1. The predicted octanol–water partition coefficient (Wildman–Crippen LogP) is 4.32. The summed E-state index contributed by atoms with van der Waals surface area (Å²) >= 11 is 0. The first kappa shape index (κ1) is 19.0. The maximum Gasteiger partial charge on any atom is 0.323 e. The van der Waals surface area contributed by atoms with Crippen LogP contribution in [0.25, 0.3) is 11.0 Å². The van der Waals surface area contributed by atoms with E-state index in [2.05, 4.69) is 20.5 Å². The smallest absolute Gasteiger partial charge is 0.323 e. The molecule has 3 aromatic rings. The zero-order valence-corrected chi connectivity index (χ0v) is 16.6. The first-order valence-electron chi connectivity index (χ1n) is 9.77. The number of anilines is 4. The first-order chi connectivity index (χ1) is 14.0. The third-order valence-corrected chi connectivity index (χ3v) is 5.28. The predicted molar refractivity (Wildman–Crippen MR) is 113 cm³/mol. The summed E-state index contributed by atoms with van der Waals surface area (Å²) in [5.74, 6) is 0. The lowest BCUT2D eigenvalue weighted by Crippen LogP contribution is -2.25. The minimum absolute atomic E-state index is 0.0448. The van der Waals surface area contributed by atoms with Crippen LogP contribution in [0.5, 0.6) is 0 Å². The van der Waals surface area contributed by atoms with E-state index in [1.807, 2.05) is 43.3 Å². The summed E-state index contributed by atoms with van der Waals surface area (Å²) < 4.78 is 4.88. The first-order valence-corrected chi connectivity index (χ1v) is 9.77. The second-order valence-electron chi connectivity index (χ2n) is 7.48. The Kier molecular flexibility index (Phi) is 5.20. The SMILES string of the molecule is CN(C)c1ccc(Nc2cc(N3CCCCCC3)c([N+](=O)[O-])c3nonc23)cc1. The molecular weight excluding hydrogens is 372 g/mol. The number of rotatable bonds is 5. The van der Waals surface area contributed by atoms with Crippen molar-refractivity contribution in [2.75, 3.05) is 42.3 Å². The summed E-state index contributed by atoms with van der Waals surface area (Å²) in [5, 5.41) is 23.0. The molecule has 0 amide bonds. The van der Waals surface area contributed by atoms with Crippen molar-refractivity contribution in [3.05, 3.63) is 40.4 Å². The van der Waals surface area contributed by atoms with Crippen molar-refractivity contribution in [3.63, 3.8) is 0 Å². The largest absolute Gasteiger partial charge is 0.378 e. The molecule has 29 heavy (non-hydrogen) atoms. The van der Waals surface area contributed by atoms with E-state index in [0.29, 0.717) is 16.9 Å². The minimum Gasteiger partial charge on any atom is -0.378 e. The van der Waals surface area contributed by atoms with Gasteiger partial charge in [-0.2, -0.15) is 0 Å². The average molecular weight is 396 g/mol.